The van der Waals surface area contributed by atoms with Gasteiger partial charge in [0.1, 0.15) is 5.82 Å². The van der Waals surface area contributed by atoms with Crippen LogP contribution in [-0.2, 0) is 10.5 Å². The molecule has 1 aliphatic heterocycles. The molecule has 1 aliphatic rings. The number of hydrogen-bond acceptors (Lipinski definition) is 6. The molecular weight excluding hydrogens is 370 g/mol. The molecular formula is C18H19N3O3S2. The number of aliphatic hydroxyl groups is 1. The third-order valence-electron chi connectivity index (χ3n) is 3.74. The highest BCUT2D eigenvalue weighted by atomic mass is 32.2. The Bertz CT molecular complexity index is 829. The molecule has 1 atom stereocenters. The number of thioether (sulfide) groups is 2. The van der Waals surface area contributed by atoms with Gasteiger partial charge in [0.2, 0.25) is 5.91 Å². The van der Waals surface area contributed by atoms with Gasteiger partial charge in [0.15, 0.2) is 0 Å². The normalized spacial score (nSPS) is 15.9. The molecule has 1 aromatic carbocycles. The number of nitrogens with one attached hydrogen (secondary N) is 2. The van der Waals surface area contributed by atoms with Crippen LogP contribution in [0.2, 0.25) is 0 Å². The molecule has 1 unspecified atom stereocenters. The monoisotopic (exact) mass is 389 g/mol. The average Bonchev–Trinajstić information content (AvgIpc) is 2.63. The number of aromatic nitrogens is 1. The second-order valence-corrected chi connectivity index (χ2v) is 8.23. The zero-order valence-corrected chi connectivity index (χ0v) is 15.8. The van der Waals surface area contributed by atoms with Crippen LogP contribution >= 0.6 is 23.5 Å². The maximum Gasteiger partial charge on any atom is 0.256 e. The smallest absolute Gasteiger partial charge is 0.256 e. The first-order valence-electron chi connectivity index (χ1n) is 8.13. The van der Waals surface area contributed by atoms with Crippen molar-refractivity contribution in [3.05, 3.63) is 47.7 Å². The molecule has 2 heterocycles. The predicted octanol–water partition coefficient (Wildman–Crippen LogP) is 2.99. The number of amides is 2. The summed E-state index contributed by atoms with van der Waals surface area (Å²) in [6.07, 6.45) is 1.65. The largest absolute Gasteiger partial charge is 0.396 e. The minimum absolute atomic E-state index is 0.0604. The topological polar surface area (TPSA) is 91.3 Å². The second kappa shape index (κ2) is 8.57. The molecule has 6 nitrogen and oxygen atoms in total. The number of carbonyl (C=O) groups excluding carboxylic acids is 2. The minimum atomic E-state index is -0.279. The van der Waals surface area contributed by atoms with Crippen LogP contribution in [0.1, 0.15) is 22.8 Å². The van der Waals surface area contributed by atoms with E-state index in [-0.39, 0.29) is 23.7 Å². The Balaban J connectivity index is 1.70. The van der Waals surface area contributed by atoms with Crippen molar-refractivity contribution in [2.75, 3.05) is 23.0 Å². The molecule has 3 rings (SSSR count). The number of hydrogen-bond donors (Lipinski definition) is 3. The fraction of sp³-hybridized carbons (Fsp3) is 0.278. The maximum absolute atomic E-state index is 12.5. The third kappa shape index (κ3) is 4.57. The highest BCUT2D eigenvalue weighted by Gasteiger charge is 2.23. The van der Waals surface area contributed by atoms with Gasteiger partial charge in [0, 0.05) is 28.2 Å². The molecule has 2 amide bonds. The van der Waals surface area contributed by atoms with E-state index in [1.165, 1.54) is 11.8 Å². The van der Waals surface area contributed by atoms with E-state index in [1.54, 1.807) is 30.1 Å². The summed E-state index contributed by atoms with van der Waals surface area (Å²) in [6, 6.07) is 8.97. The van der Waals surface area contributed by atoms with Crippen LogP contribution in [0.4, 0.5) is 11.5 Å². The van der Waals surface area contributed by atoms with E-state index in [9.17, 15) is 9.59 Å². The minimum Gasteiger partial charge on any atom is -0.396 e. The Labute approximate surface area is 160 Å². The quantitative estimate of drug-likeness (QED) is 0.658. The van der Waals surface area contributed by atoms with Crippen molar-refractivity contribution >= 4 is 46.8 Å². The van der Waals surface area contributed by atoms with Crippen LogP contribution in [-0.4, -0.2) is 39.5 Å². The van der Waals surface area contributed by atoms with Gasteiger partial charge in [-0.15, -0.1) is 11.8 Å². The first-order chi connectivity index (χ1) is 12.6. The molecule has 0 bridgehead atoms. The van der Waals surface area contributed by atoms with E-state index in [0.717, 1.165) is 16.2 Å². The first kappa shape index (κ1) is 18.8. The fourth-order valence-corrected chi connectivity index (χ4v) is 4.04. The molecule has 0 spiro atoms. The van der Waals surface area contributed by atoms with Crippen molar-refractivity contribution < 1.29 is 14.7 Å². The summed E-state index contributed by atoms with van der Waals surface area (Å²) in [6.45, 7) is 1.99. The van der Waals surface area contributed by atoms with Gasteiger partial charge < -0.3 is 15.7 Å². The SMILES string of the molecule is CC1Sc2ccc(C(=O)Nc3cc(CSCCO)ccn3)cc2NC1=O. The summed E-state index contributed by atoms with van der Waals surface area (Å²) in [7, 11) is 0. The molecule has 2 aromatic rings. The Hall–Kier alpha value is -2.03. The van der Waals surface area contributed by atoms with Crippen LogP contribution < -0.4 is 10.6 Å². The standard InChI is InChI=1S/C18H19N3O3S2/c1-11-17(23)20-14-9-13(2-3-15(14)26-11)18(24)21-16-8-12(4-5-19-16)10-25-7-6-22/h2-5,8-9,11,22H,6-7,10H2,1H3,(H,20,23)(H,19,21,24). The lowest BCUT2D eigenvalue weighted by molar-refractivity contribution is -0.115. The van der Waals surface area contributed by atoms with Gasteiger partial charge in [0.25, 0.3) is 5.91 Å². The number of rotatable bonds is 6. The zero-order valence-electron chi connectivity index (χ0n) is 14.2. The van der Waals surface area contributed by atoms with E-state index in [4.69, 9.17) is 5.11 Å². The molecule has 136 valence electrons. The Morgan fingerprint density at radius 2 is 2.23 bits per heavy atom. The lowest BCUT2D eigenvalue weighted by atomic mass is 10.1. The second-order valence-electron chi connectivity index (χ2n) is 5.74. The van der Waals surface area contributed by atoms with Crippen molar-refractivity contribution in [3.8, 4) is 0 Å². The molecule has 0 aliphatic carbocycles. The van der Waals surface area contributed by atoms with Crippen LogP contribution in [0.3, 0.4) is 0 Å². The summed E-state index contributed by atoms with van der Waals surface area (Å²) in [5.41, 5.74) is 2.14. The summed E-state index contributed by atoms with van der Waals surface area (Å²) < 4.78 is 0. The number of anilines is 2. The number of aliphatic hydroxyl groups excluding tert-OH is 1. The molecule has 8 heteroatoms. The lowest BCUT2D eigenvalue weighted by Crippen LogP contribution is -2.26. The highest BCUT2D eigenvalue weighted by Crippen LogP contribution is 2.36. The van der Waals surface area contributed by atoms with E-state index in [0.29, 0.717) is 22.8 Å². The Morgan fingerprint density at radius 3 is 3.04 bits per heavy atom. The van der Waals surface area contributed by atoms with E-state index < -0.39 is 0 Å². The first-order valence-corrected chi connectivity index (χ1v) is 10.2. The van der Waals surface area contributed by atoms with Crippen molar-refractivity contribution in [1.29, 1.82) is 0 Å². The van der Waals surface area contributed by atoms with Gasteiger partial charge in [-0.25, -0.2) is 4.98 Å². The average molecular weight is 390 g/mol. The van der Waals surface area contributed by atoms with Gasteiger partial charge in [-0.3, -0.25) is 9.59 Å². The molecule has 3 N–H and O–H groups in total. The van der Waals surface area contributed by atoms with Gasteiger partial charge >= 0.3 is 0 Å². The summed E-state index contributed by atoms with van der Waals surface area (Å²) in [5, 5.41) is 14.3. The van der Waals surface area contributed by atoms with Crippen molar-refractivity contribution in [1.82, 2.24) is 4.98 Å². The fourth-order valence-electron chi connectivity index (χ4n) is 2.43. The van der Waals surface area contributed by atoms with Crippen LogP contribution in [0.15, 0.2) is 41.4 Å². The number of pyridine rings is 1. The van der Waals surface area contributed by atoms with Gasteiger partial charge in [-0.05, 0) is 42.8 Å². The lowest BCUT2D eigenvalue weighted by Gasteiger charge is -2.21. The molecule has 0 fully saturated rings. The van der Waals surface area contributed by atoms with Crippen LogP contribution in [0.25, 0.3) is 0 Å². The van der Waals surface area contributed by atoms with Gasteiger partial charge in [0.05, 0.1) is 17.5 Å². The van der Waals surface area contributed by atoms with Crippen LogP contribution in [0, 0.1) is 0 Å². The predicted molar refractivity (Wildman–Crippen MR) is 106 cm³/mol. The van der Waals surface area contributed by atoms with E-state index in [1.807, 2.05) is 25.1 Å². The number of fused-ring (bicyclic) bond motifs is 1. The molecule has 0 radical (unpaired) electrons. The molecule has 1 aromatic heterocycles. The maximum atomic E-state index is 12.5. The van der Waals surface area contributed by atoms with Crippen molar-refractivity contribution in [2.24, 2.45) is 0 Å². The van der Waals surface area contributed by atoms with Crippen molar-refractivity contribution in [2.45, 2.75) is 22.8 Å². The number of nitrogens with zero attached hydrogens (tertiary/aromatic N) is 1. The van der Waals surface area contributed by atoms with Crippen molar-refractivity contribution in [3.63, 3.8) is 0 Å². The van der Waals surface area contributed by atoms with Crippen LogP contribution in [0.5, 0.6) is 0 Å². The third-order valence-corrected chi connectivity index (χ3v) is 5.93. The zero-order chi connectivity index (χ0) is 18.5. The van der Waals surface area contributed by atoms with E-state index >= 15 is 0 Å². The summed E-state index contributed by atoms with van der Waals surface area (Å²) in [5.74, 6) is 1.54. The number of benzene rings is 1. The summed E-state index contributed by atoms with van der Waals surface area (Å²) >= 11 is 3.09. The van der Waals surface area contributed by atoms with E-state index in [2.05, 4.69) is 15.6 Å². The number of carbonyl (C=O) groups is 2. The molecule has 26 heavy (non-hydrogen) atoms. The summed E-state index contributed by atoms with van der Waals surface area (Å²) in [4.78, 5) is 29.5. The highest BCUT2D eigenvalue weighted by molar-refractivity contribution is 8.01. The molecule has 0 saturated carbocycles. The Morgan fingerprint density at radius 1 is 1.38 bits per heavy atom. The van der Waals surface area contributed by atoms with Gasteiger partial charge in [-0.2, -0.15) is 11.8 Å². The Kier molecular flexibility index (Phi) is 6.18. The van der Waals surface area contributed by atoms with Gasteiger partial charge in [-0.1, -0.05) is 0 Å². The molecule has 0 saturated heterocycles.